The van der Waals surface area contributed by atoms with E-state index in [1.807, 2.05) is 18.2 Å². The molecule has 0 saturated carbocycles. The maximum Gasteiger partial charge on any atom is 0.264 e. The molecule has 0 radical (unpaired) electrons. The number of hydrogen-bond acceptors (Lipinski definition) is 6. The van der Waals surface area contributed by atoms with Gasteiger partial charge in [0, 0.05) is 11.4 Å². The van der Waals surface area contributed by atoms with E-state index in [-0.39, 0.29) is 10.3 Å². The van der Waals surface area contributed by atoms with Gasteiger partial charge in [-0.15, -0.1) is 0 Å². The fourth-order valence-electron chi connectivity index (χ4n) is 3.16. The van der Waals surface area contributed by atoms with Crippen LogP contribution >= 0.6 is 21.9 Å². The summed E-state index contributed by atoms with van der Waals surface area (Å²) < 4.78 is 37.0. The minimum absolute atomic E-state index is 0.177. The van der Waals surface area contributed by atoms with E-state index in [1.54, 1.807) is 0 Å². The maximum atomic E-state index is 13.2. The molecule has 0 aliphatic carbocycles. The highest BCUT2D eigenvalue weighted by atomic mass is 33.1. The Labute approximate surface area is 168 Å². The van der Waals surface area contributed by atoms with Crippen LogP contribution in [-0.2, 0) is 21.9 Å². The molecule has 0 atom stereocenters. The molecule has 2 aromatic rings. The van der Waals surface area contributed by atoms with Crippen LogP contribution in [0.25, 0.3) is 0 Å². The Kier molecular flexibility index (Phi) is 5.50. The van der Waals surface area contributed by atoms with Crippen molar-refractivity contribution in [1.82, 2.24) is 0 Å². The van der Waals surface area contributed by atoms with Gasteiger partial charge in [-0.25, -0.2) is 8.42 Å². The van der Waals surface area contributed by atoms with Gasteiger partial charge in [0.25, 0.3) is 10.0 Å². The largest absolute Gasteiger partial charge is 0.320 e. The van der Waals surface area contributed by atoms with Crippen LogP contribution in [0.4, 0.5) is 5.69 Å². The van der Waals surface area contributed by atoms with Crippen molar-refractivity contribution in [3.8, 4) is 6.07 Å². The van der Waals surface area contributed by atoms with Crippen molar-refractivity contribution in [3.63, 3.8) is 0 Å². The van der Waals surface area contributed by atoms with Crippen molar-refractivity contribution in [2.45, 2.75) is 42.4 Å². The van der Waals surface area contributed by atoms with Crippen molar-refractivity contribution in [1.29, 1.82) is 5.26 Å². The summed E-state index contributed by atoms with van der Waals surface area (Å²) in [6.45, 7) is 6.57. The van der Waals surface area contributed by atoms with Crippen molar-refractivity contribution >= 4 is 37.6 Å². The molecule has 8 heteroatoms. The Morgan fingerprint density at radius 2 is 1.85 bits per heavy atom. The molecule has 1 heterocycles. The topological polar surface area (TPSA) is 81.4 Å². The summed E-state index contributed by atoms with van der Waals surface area (Å²) in [4.78, 5) is 1.13. The van der Waals surface area contributed by atoms with Gasteiger partial charge in [0.2, 0.25) is 0 Å². The lowest BCUT2D eigenvalue weighted by Gasteiger charge is -2.26. The average molecular weight is 421 g/mol. The summed E-state index contributed by atoms with van der Waals surface area (Å²) >= 11 is 0.696. The molecule has 0 saturated heterocycles. The van der Waals surface area contributed by atoms with Gasteiger partial charge in [-0.1, -0.05) is 20.8 Å². The predicted octanol–water partition coefficient (Wildman–Crippen LogP) is 4.82. The third-order valence-electron chi connectivity index (χ3n) is 4.54. The Hall–Kier alpha value is -1.66. The van der Waals surface area contributed by atoms with E-state index in [9.17, 15) is 13.0 Å². The maximum absolute atomic E-state index is 13.2. The predicted molar refractivity (Wildman–Crippen MR) is 111 cm³/mol. The van der Waals surface area contributed by atoms with Crippen molar-refractivity contribution in [2.24, 2.45) is 0 Å². The minimum Gasteiger partial charge on any atom is -0.320 e. The summed E-state index contributed by atoms with van der Waals surface area (Å²) in [6, 6.07) is 11.9. The lowest BCUT2D eigenvalue weighted by Crippen LogP contribution is -2.29. The first-order valence-corrected chi connectivity index (χ1v) is 11.9. The molecular weight excluding hydrogens is 400 g/mol. The highest BCUT2D eigenvalue weighted by molar-refractivity contribution is 8.74. The summed E-state index contributed by atoms with van der Waals surface area (Å²) in [7, 11) is -2.42. The van der Waals surface area contributed by atoms with Gasteiger partial charge < -0.3 is 4.55 Å². The van der Waals surface area contributed by atoms with Gasteiger partial charge in [0.05, 0.1) is 33.3 Å². The summed E-state index contributed by atoms with van der Waals surface area (Å²) in [6.07, 6.45) is 0.624. The Bertz CT molecular complexity index is 1000. The molecule has 0 spiro atoms. The highest BCUT2D eigenvalue weighted by Gasteiger charge is 2.33. The second-order valence-electron chi connectivity index (χ2n) is 7.35. The van der Waals surface area contributed by atoms with Crippen molar-refractivity contribution < 1.29 is 13.0 Å². The second-order valence-corrected chi connectivity index (χ2v) is 10.9. The van der Waals surface area contributed by atoms with Gasteiger partial charge in [0.1, 0.15) is 0 Å². The van der Waals surface area contributed by atoms with Gasteiger partial charge in [-0.05, 0) is 70.2 Å². The highest BCUT2D eigenvalue weighted by Crippen LogP contribution is 2.43. The second kappa shape index (κ2) is 7.40. The first-order valence-electron chi connectivity index (χ1n) is 8.37. The zero-order chi connectivity index (χ0) is 19.8. The number of nitrogens with zero attached hydrogens (tertiary/aromatic N) is 2. The van der Waals surface area contributed by atoms with E-state index < -0.39 is 10.0 Å². The summed E-state index contributed by atoms with van der Waals surface area (Å²) in [5.74, 6) is 0. The molecule has 0 bridgehead atoms. The minimum atomic E-state index is -3.70. The molecule has 0 amide bonds. The molecule has 0 aromatic heterocycles. The van der Waals surface area contributed by atoms with Gasteiger partial charge in [-0.2, -0.15) is 5.26 Å². The van der Waals surface area contributed by atoms with Gasteiger partial charge in [0.15, 0.2) is 0 Å². The number of rotatable bonds is 4. The molecule has 27 heavy (non-hydrogen) atoms. The van der Waals surface area contributed by atoms with Crippen LogP contribution in [0.2, 0.25) is 0 Å². The van der Waals surface area contributed by atoms with Crippen molar-refractivity contribution in [3.05, 3.63) is 53.1 Å². The average Bonchev–Trinajstić information content (AvgIpc) is 3.04. The van der Waals surface area contributed by atoms with E-state index in [0.717, 1.165) is 16.0 Å². The zero-order valence-corrected chi connectivity index (χ0v) is 17.7. The molecule has 1 N–H and O–H groups in total. The SMILES string of the molecule is CC(C)(C)c1cc2c(cc1SSO)CCN2S(=O)(=O)c1ccc(C#N)cc1. The third kappa shape index (κ3) is 3.83. The Morgan fingerprint density at radius 1 is 1.19 bits per heavy atom. The number of benzene rings is 2. The number of sulfonamides is 1. The monoisotopic (exact) mass is 420 g/mol. The van der Waals surface area contributed by atoms with Crippen LogP contribution in [-0.4, -0.2) is 19.5 Å². The summed E-state index contributed by atoms with van der Waals surface area (Å²) in [5.41, 5.74) is 2.87. The van der Waals surface area contributed by atoms with E-state index in [0.29, 0.717) is 35.3 Å². The first-order chi connectivity index (χ1) is 12.7. The van der Waals surface area contributed by atoms with E-state index in [2.05, 4.69) is 20.8 Å². The normalized spacial score (nSPS) is 14.1. The molecule has 0 fully saturated rings. The van der Waals surface area contributed by atoms with Crippen LogP contribution in [0.1, 0.15) is 37.5 Å². The van der Waals surface area contributed by atoms with Crippen LogP contribution in [0.5, 0.6) is 0 Å². The van der Waals surface area contributed by atoms with E-state index in [4.69, 9.17) is 5.26 Å². The number of hydrogen-bond donors (Lipinski definition) is 1. The molecule has 0 unspecified atom stereocenters. The molecular formula is C19H20N2O3S3. The van der Waals surface area contributed by atoms with Gasteiger partial charge >= 0.3 is 0 Å². The van der Waals surface area contributed by atoms with Crippen molar-refractivity contribution in [2.75, 3.05) is 10.8 Å². The Morgan fingerprint density at radius 3 is 2.41 bits per heavy atom. The van der Waals surface area contributed by atoms with Crippen LogP contribution in [0.3, 0.4) is 0 Å². The first kappa shape index (κ1) is 20.1. The molecule has 3 rings (SSSR count). The Balaban J connectivity index is 2.08. The van der Waals surface area contributed by atoms with Crippen LogP contribution < -0.4 is 4.31 Å². The summed E-state index contributed by atoms with van der Waals surface area (Å²) in [5, 5.41) is 8.92. The molecule has 1 aliphatic heterocycles. The molecule has 5 nitrogen and oxygen atoms in total. The fourth-order valence-corrected chi connectivity index (χ4v) is 6.03. The molecule has 1 aliphatic rings. The van der Waals surface area contributed by atoms with E-state index >= 15 is 0 Å². The lowest BCUT2D eigenvalue weighted by molar-refractivity contribution is 0.577. The molecule has 2 aromatic carbocycles. The zero-order valence-electron chi connectivity index (χ0n) is 15.3. The fraction of sp³-hybridized carbons (Fsp3) is 0.316. The lowest BCUT2D eigenvalue weighted by atomic mass is 9.86. The number of fused-ring (bicyclic) bond motifs is 1. The molecule has 142 valence electrons. The number of nitriles is 1. The van der Waals surface area contributed by atoms with Crippen LogP contribution in [0, 0.1) is 11.3 Å². The smallest absolute Gasteiger partial charge is 0.264 e. The quantitative estimate of drug-likeness (QED) is 0.564. The van der Waals surface area contributed by atoms with E-state index in [1.165, 1.54) is 39.4 Å². The number of anilines is 1. The van der Waals surface area contributed by atoms with Crippen LogP contribution in [0.15, 0.2) is 46.2 Å². The third-order valence-corrected chi connectivity index (χ3v) is 7.72. The van der Waals surface area contributed by atoms with Gasteiger partial charge in [-0.3, -0.25) is 4.31 Å². The standard InChI is InChI=1S/C19H20N2O3S3/c1-19(2,3)16-11-17-14(10-18(16)25-26-22)8-9-21(17)27(23,24)15-6-4-13(12-20)5-7-15/h4-7,10-11,22H,8-9H2,1-3H3.